The molecule has 0 aromatic heterocycles. The van der Waals surface area contributed by atoms with E-state index in [0.29, 0.717) is 0 Å². The molecule has 8 heteroatoms. The molecule has 0 fully saturated rings. The highest BCUT2D eigenvalue weighted by Gasteiger charge is 2.32. The van der Waals surface area contributed by atoms with Gasteiger partial charge in [-0.15, -0.1) is 13.2 Å². The minimum Gasteiger partial charge on any atom is -0.478 e. The molecule has 0 aliphatic heterocycles. The normalized spacial score (nSPS) is 11.0. The van der Waals surface area contributed by atoms with Crippen LogP contribution in [0.1, 0.15) is 10.4 Å². The highest BCUT2D eigenvalue weighted by molar-refractivity contribution is 7.81. The summed E-state index contributed by atoms with van der Waals surface area (Å²) in [6.07, 6.45) is -4.89. The van der Waals surface area contributed by atoms with Crippen LogP contribution in [0, 0.1) is 0 Å². The van der Waals surface area contributed by atoms with Gasteiger partial charge in [0.25, 0.3) is 0 Å². The Hall–Kier alpha value is -1.57. The topological polar surface area (TPSA) is 58.6 Å². The Bertz CT molecular complexity index is 408. The van der Waals surface area contributed by atoms with Crippen molar-refractivity contribution in [1.29, 1.82) is 0 Å². The summed E-state index contributed by atoms with van der Waals surface area (Å²) in [7, 11) is 0. The summed E-state index contributed by atoms with van der Waals surface area (Å²) in [4.78, 5) is 10.5. The van der Waals surface area contributed by atoms with Crippen LogP contribution in [0.5, 0.6) is 5.75 Å². The number of carboxylic acids is 1. The smallest absolute Gasteiger partial charge is 0.478 e. The third-order valence-electron chi connectivity index (χ3n) is 1.57. The second kappa shape index (κ2) is 4.52. The van der Waals surface area contributed by atoms with Crippen LogP contribution in [0.2, 0.25) is 0 Å². The molecule has 1 rings (SSSR count). The summed E-state index contributed by atoms with van der Waals surface area (Å²) in [6.45, 7) is 0. The lowest BCUT2D eigenvalue weighted by molar-refractivity contribution is -0.274. The third kappa shape index (κ3) is 3.23. The molecule has 2 N–H and O–H groups in total. The lowest BCUT2D eigenvalue weighted by Crippen LogP contribution is -2.18. The molecular formula is C8H6F3NO3S. The van der Waals surface area contributed by atoms with Crippen molar-refractivity contribution in [3.63, 3.8) is 0 Å². The van der Waals surface area contributed by atoms with Crippen LogP contribution >= 0.6 is 12.8 Å². The van der Waals surface area contributed by atoms with Crippen molar-refractivity contribution in [2.45, 2.75) is 6.36 Å². The Morgan fingerprint density at radius 1 is 1.44 bits per heavy atom. The van der Waals surface area contributed by atoms with Crippen molar-refractivity contribution in [2.24, 2.45) is 0 Å². The Morgan fingerprint density at radius 2 is 2.06 bits per heavy atom. The third-order valence-corrected chi connectivity index (χ3v) is 1.82. The summed E-state index contributed by atoms with van der Waals surface area (Å²) < 4.78 is 41.7. The predicted molar refractivity (Wildman–Crippen MR) is 52.7 cm³/mol. The van der Waals surface area contributed by atoms with E-state index in [1.807, 2.05) is 0 Å². The summed E-state index contributed by atoms with van der Waals surface area (Å²) in [5.74, 6) is -2.00. The van der Waals surface area contributed by atoms with Crippen LogP contribution in [-0.2, 0) is 0 Å². The van der Waals surface area contributed by atoms with Gasteiger partial charge in [0.2, 0.25) is 0 Å². The van der Waals surface area contributed by atoms with E-state index in [1.165, 1.54) is 0 Å². The number of thiol groups is 1. The molecule has 16 heavy (non-hydrogen) atoms. The number of anilines is 1. The van der Waals surface area contributed by atoms with Gasteiger partial charge in [0.05, 0.1) is 11.3 Å². The monoisotopic (exact) mass is 253 g/mol. The molecule has 1 aromatic carbocycles. The largest absolute Gasteiger partial charge is 0.573 e. The number of aromatic carboxylic acids is 1. The van der Waals surface area contributed by atoms with E-state index >= 15 is 0 Å². The molecule has 0 radical (unpaired) electrons. The number of ether oxygens (including phenoxy) is 1. The van der Waals surface area contributed by atoms with Gasteiger partial charge in [0.1, 0.15) is 0 Å². The van der Waals surface area contributed by atoms with Gasteiger partial charge in [0, 0.05) is 0 Å². The lowest BCUT2D eigenvalue weighted by Gasteiger charge is -2.12. The van der Waals surface area contributed by atoms with Gasteiger partial charge in [-0.25, -0.2) is 4.79 Å². The van der Waals surface area contributed by atoms with Gasteiger partial charge in [-0.1, -0.05) is 12.8 Å². The van der Waals surface area contributed by atoms with E-state index < -0.39 is 18.1 Å². The summed E-state index contributed by atoms with van der Waals surface area (Å²) in [6, 6.07) is 3.01. The highest BCUT2D eigenvalue weighted by atomic mass is 32.1. The van der Waals surface area contributed by atoms with Gasteiger partial charge in [0.15, 0.2) is 5.75 Å². The zero-order valence-electron chi connectivity index (χ0n) is 7.58. The van der Waals surface area contributed by atoms with E-state index in [4.69, 9.17) is 5.11 Å². The predicted octanol–water partition coefficient (Wildman–Crippen LogP) is 2.54. The quantitative estimate of drug-likeness (QED) is 0.724. The van der Waals surface area contributed by atoms with Crippen LogP contribution in [0.3, 0.4) is 0 Å². The van der Waals surface area contributed by atoms with Crippen molar-refractivity contribution in [1.82, 2.24) is 0 Å². The van der Waals surface area contributed by atoms with Gasteiger partial charge in [-0.3, -0.25) is 0 Å². The van der Waals surface area contributed by atoms with Crippen molar-refractivity contribution in [3.05, 3.63) is 23.8 Å². The first-order valence-corrected chi connectivity index (χ1v) is 4.31. The van der Waals surface area contributed by atoms with Crippen LogP contribution in [0.15, 0.2) is 18.2 Å². The maximum absolute atomic E-state index is 12.0. The van der Waals surface area contributed by atoms with E-state index in [9.17, 15) is 18.0 Å². The SMILES string of the molecule is O=C(O)c1ccc(NS)c(OC(F)(F)F)c1. The number of benzene rings is 1. The molecule has 0 aliphatic carbocycles. The lowest BCUT2D eigenvalue weighted by atomic mass is 10.2. The van der Waals surface area contributed by atoms with E-state index in [1.54, 1.807) is 0 Å². The fraction of sp³-hybridized carbons (Fsp3) is 0.125. The number of carboxylic acid groups (broad SMARTS) is 1. The molecule has 1 aromatic rings. The van der Waals surface area contributed by atoms with Crippen LogP contribution in [0.4, 0.5) is 18.9 Å². The van der Waals surface area contributed by atoms with Crippen molar-refractivity contribution >= 4 is 24.5 Å². The van der Waals surface area contributed by atoms with Crippen molar-refractivity contribution < 1.29 is 27.8 Å². The minimum absolute atomic E-state index is 0.0781. The van der Waals surface area contributed by atoms with Gasteiger partial charge in [-0.2, -0.15) is 0 Å². The Morgan fingerprint density at radius 3 is 2.50 bits per heavy atom. The van der Waals surface area contributed by atoms with Crippen LogP contribution in [0.25, 0.3) is 0 Å². The molecule has 0 saturated carbocycles. The van der Waals surface area contributed by atoms with E-state index in [-0.39, 0.29) is 11.3 Å². The number of hydrogen-bond donors (Lipinski definition) is 3. The van der Waals surface area contributed by atoms with Crippen LogP contribution in [-0.4, -0.2) is 17.4 Å². The highest BCUT2D eigenvalue weighted by Crippen LogP contribution is 2.31. The fourth-order valence-corrected chi connectivity index (χ4v) is 1.14. The average molecular weight is 253 g/mol. The molecule has 0 saturated heterocycles. The van der Waals surface area contributed by atoms with Gasteiger partial charge in [-0.05, 0) is 18.2 Å². The standard InChI is InChI=1S/C8H6F3NO3S/c9-8(10,11)15-6-3-4(7(13)14)1-2-5(6)12-16/h1-3,12,16H,(H,13,14). The Balaban J connectivity index is 3.12. The average Bonchev–Trinajstić information content (AvgIpc) is 2.15. The van der Waals surface area contributed by atoms with Gasteiger partial charge >= 0.3 is 12.3 Å². The first kappa shape index (κ1) is 12.5. The number of halogens is 3. The number of rotatable bonds is 3. The molecule has 88 valence electrons. The molecule has 0 amide bonds. The molecule has 0 unspecified atom stereocenters. The number of carbonyl (C=O) groups is 1. The summed E-state index contributed by atoms with van der Waals surface area (Å²) >= 11 is 3.57. The Labute approximate surface area is 93.6 Å². The van der Waals surface area contributed by atoms with Crippen molar-refractivity contribution in [2.75, 3.05) is 4.72 Å². The zero-order chi connectivity index (χ0) is 12.3. The van der Waals surface area contributed by atoms with E-state index in [2.05, 4.69) is 22.3 Å². The number of nitrogens with one attached hydrogen (secondary N) is 1. The fourth-order valence-electron chi connectivity index (χ4n) is 0.957. The summed E-state index contributed by atoms with van der Waals surface area (Å²) in [5, 5.41) is 8.59. The number of alkyl halides is 3. The van der Waals surface area contributed by atoms with Gasteiger partial charge < -0.3 is 14.6 Å². The molecule has 0 heterocycles. The van der Waals surface area contributed by atoms with E-state index in [0.717, 1.165) is 18.2 Å². The first-order valence-electron chi connectivity index (χ1n) is 3.86. The molecule has 0 spiro atoms. The molecule has 0 bridgehead atoms. The second-order valence-corrected chi connectivity index (χ2v) is 2.90. The maximum atomic E-state index is 12.0. The second-order valence-electron chi connectivity index (χ2n) is 2.68. The zero-order valence-corrected chi connectivity index (χ0v) is 8.47. The maximum Gasteiger partial charge on any atom is 0.573 e. The molecule has 0 atom stereocenters. The molecule has 4 nitrogen and oxygen atoms in total. The minimum atomic E-state index is -4.89. The first-order chi connectivity index (χ1) is 7.33. The van der Waals surface area contributed by atoms with Crippen molar-refractivity contribution in [3.8, 4) is 5.75 Å². The molecular weight excluding hydrogens is 247 g/mol. The number of hydrogen-bond acceptors (Lipinski definition) is 4. The van der Waals surface area contributed by atoms with Crippen LogP contribution < -0.4 is 9.46 Å². The molecule has 0 aliphatic rings. The summed E-state index contributed by atoms with van der Waals surface area (Å²) in [5.41, 5.74) is -0.391. The Kier molecular flexibility index (Phi) is 3.53.